The van der Waals surface area contributed by atoms with Crippen molar-refractivity contribution in [2.45, 2.75) is 18.2 Å². The Kier molecular flexibility index (Phi) is 8.14. The highest BCUT2D eigenvalue weighted by Gasteiger charge is 2.24. The van der Waals surface area contributed by atoms with Crippen molar-refractivity contribution in [1.82, 2.24) is 10.0 Å². The molecule has 0 bridgehead atoms. The van der Waals surface area contributed by atoms with Crippen LogP contribution in [0.25, 0.3) is 17.2 Å². The van der Waals surface area contributed by atoms with Crippen molar-refractivity contribution in [3.05, 3.63) is 124 Å². The Morgan fingerprint density at radius 3 is 2.37 bits per heavy atom. The fourth-order valence-electron chi connectivity index (χ4n) is 4.06. The summed E-state index contributed by atoms with van der Waals surface area (Å²) in [6.45, 7) is 1.84. The molecule has 0 saturated carbocycles. The normalized spacial score (nSPS) is 15.2. The van der Waals surface area contributed by atoms with Crippen LogP contribution in [0, 0.1) is 12.7 Å². The SMILES string of the molecule is Cc1ccc(S(=O)(=O)NC(=O)Cc2ccc(N=C3NC(=O)C(=Cc4ccc(-c5ccccc5)c(F)c4)S3)cc2)cc1. The first kappa shape index (κ1) is 28.0. The van der Waals surface area contributed by atoms with E-state index in [0.29, 0.717) is 32.5 Å². The number of aryl methyl sites for hydroxylation is 1. The molecule has 4 aromatic rings. The number of nitrogens with one attached hydrogen (secondary N) is 2. The van der Waals surface area contributed by atoms with E-state index in [-0.39, 0.29) is 23.0 Å². The number of thioether (sulfide) groups is 1. The zero-order valence-corrected chi connectivity index (χ0v) is 23.4. The lowest BCUT2D eigenvalue weighted by Gasteiger charge is -2.07. The van der Waals surface area contributed by atoms with Gasteiger partial charge in [0, 0.05) is 5.56 Å². The third-order valence-electron chi connectivity index (χ3n) is 6.14. The number of amidine groups is 1. The van der Waals surface area contributed by atoms with E-state index in [4.69, 9.17) is 0 Å². The number of carbonyl (C=O) groups is 2. The zero-order valence-electron chi connectivity index (χ0n) is 21.8. The molecule has 7 nitrogen and oxygen atoms in total. The van der Waals surface area contributed by atoms with E-state index < -0.39 is 15.9 Å². The van der Waals surface area contributed by atoms with Gasteiger partial charge in [-0.05, 0) is 71.8 Å². The Morgan fingerprint density at radius 2 is 1.68 bits per heavy atom. The van der Waals surface area contributed by atoms with Gasteiger partial charge in [-0.15, -0.1) is 0 Å². The smallest absolute Gasteiger partial charge is 0.264 e. The molecule has 2 N–H and O–H groups in total. The second kappa shape index (κ2) is 11.9. The van der Waals surface area contributed by atoms with Crippen LogP contribution in [0.4, 0.5) is 10.1 Å². The molecule has 1 aliphatic heterocycles. The summed E-state index contributed by atoms with van der Waals surface area (Å²) in [5, 5.41) is 3.06. The first-order valence-corrected chi connectivity index (χ1v) is 14.8. The topological polar surface area (TPSA) is 105 Å². The van der Waals surface area contributed by atoms with Crippen LogP contribution in [0.1, 0.15) is 16.7 Å². The summed E-state index contributed by atoms with van der Waals surface area (Å²) >= 11 is 1.13. The molecule has 0 aliphatic carbocycles. The Hall–Kier alpha value is -4.54. The number of nitrogens with zero attached hydrogens (tertiary/aromatic N) is 1. The molecule has 5 rings (SSSR count). The van der Waals surface area contributed by atoms with Crippen molar-refractivity contribution in [1.29, 1.82) is 0 Å². The number of halogens is 1. The monoisotopic (exact) mass is 585 g/mol. The van der Waals surface area contributed by atoms with Crippen molar-refractivity contribution >= 4 is 50.5 Å². The average Bonchev–Trinajstić information content (AvgIpc) is 3.28. The Balaban J connectivity index is 1.22. The Morgan fingerprint density at radius 1 is 0.976 bits per heavy atom. The maximum Gasteiger partial charge on any atom is 0.264 e. The zero-order chi connectivity index (χ0) is 29.0. The van der Waals surface area contributed by atoms with Crippen LogP contribution in [0.2, 0.25) is 0 Å². The van der Waals surface area contributed by atoms with Crippen LogP contribution < -0.4 is 10.0 Å². The first-order chi connectivity index (χ1) is 19.7. The third kappa shape index (κ3) is 6.97. The van der Waals surface area contributed by atoms with Crippen molar-refractivity contribution < 1.29 is 22.4 Å². The number of benzene rings is 4. The van der Waals surface area contributed by atoms with Crippen molar-refractivity contribution in [3.63, 3.8) is 0 Å². The van der Waals surface area contributed by atoms with Gasteiger partial charge in [-0.25, -0.2) is 22.5 Å². The second-order valence-corrected chi connectivity index (χ2v) is 12.0. The summed E-state index contributed by atoms with van der Waals surface area (Å²) in [5.41, 5.74) is 3.83. The summed E-state index contributed by atoms with van der Waals surface area (Å²) in [5.74, 6) is -1.39. The maximum atomic E-state index is 14.7. The van der Waals surface area contributed by atoms with Gasteiger partial charge in [0.25, 0.3) is 15.9 Å². The molecule has 0 atom stereocenters. The standard InChI is InChI=1S/C31H24FN3O4S2/c1-20-7-14-25(15-8-20)41(38,39)35-29(36)19-21-9-12-24(13-10-21)33-31-34-30(37)28(40-31)18-22-11-16-26(27(32)17-22)23-5-3-2-4-6-23/h2-18H,19H2,1H3,(H,35,36)(H,33,34,37). The first-order valence-electron chi connectivity index (χ1n) is 12.5. The molecule has 1 fully saturated rings. The van der Waals surface area contributed by atoms with E-state index in [1.54, 1.807) is 54.6 Å². The van der Waals surface area contributed by atoms with E-state index in [1.807, 2.05) is 37.3 Å². The highest BCUT2D eigenvalue weighted by molar-refractivity contribution is 8.18. The largest absolute Gasteiger partial charge is 0.300 e. The van der Waals surface area contributed by atoms with Crippen LogP contribution in [0.5, 0.6) is 0 Å². The van der Waals surface area contributed by atoms with Gasteiger partial charge in [0.15, 0.2) is 5.17 Å². The van der Waals surface area contributed by atoms with Gasteiger partial charge in [0.1, 0.15) is 5.82 Å². The molecule has 1 aliphatic rings. The highest BCUT2D eigenvalue weighted by atomic mass is 32.2. The van der Waals surface area contributed by atoms with Gasteiger partial charge in [-0.2, -0.15) is 0 Å². The van der Waals surface area contributed by atoms with Crippen LogP contribution in [0.15, 0.2) is 112 Å². The quantitative estimate of drug-likeness (QED) is 0.269. The predicted octanol–water partition coefficient (Wildman–Crippen LogP) is 5.74. The van der Waals surface area contributed by atoms with Gasteiger partial charge in [0.2, 0.25) is 5.91 Å². The highest BCUT2D eigenvalue weighted by Crippen LogP contribution is 2.30. The molecule has 10 heteroatoms. The second-order valence-electron chi connectivity index (χ2n) is 9.27. The molecule has 1 heterocycles. The Bertz CT molecular complexity index is 1790. The lowest BCUT2D eigenvalue weighted by Crippen LogP contribution is -2.31. The fraction of sp³-hybridized carbons (Fsp3) is 0.0645. The summed E-state index contributed by atoms with van der Waals surface area (Å²) in [6, 6.07) is 26.9. The number of hydrogen-bond donors (Lipinski definition) is 2. The van der Waals surface area contributed by atoms with Crippen LogP contribution >= 0.6 is 11.8 Å². The summed E-state index contributed by atoms with van der Waals surface area (Å²) in [7, 11) is -3.96. The molecule has 0 radical (unpaired) electrons. The van der Waals surface area contributed by atoms with E-state index in [1.165, 1.54) is 18.2 Å². The summed E-state index contributed by atoms with van der Waals surface area (Å²) in [4.78, 5) is 29.7. The van der Waals surface area contributed by atoms with Crippen LogP contribution in [0.3, 0.4) is 0 Å². The fourth-order valence-corrected chi connectivity index (χ4v) is 5.88. The minimum Gasteiger partial charge on any atom is -0.300 e. The van der Waals surface area contributed by atoms with E-state index in [2.05, 4.69) is 15.0 Å². The number of rotatable bonds is 7. The molecule has 0 spiro atoms. The van der Waals surface area contributed by atoms with Crippen LogP contribution in [-0.2, 0) is 26.0 Å². The minimum absolute atomic E-state index is 0.0153. The molecular weight excluding hydrogens is 561 g/mol. The molecule has 41 heavy (non-hydrogen) atoms. The molecule has 0 unspecified atom stereocenters. The van der Waals surface area contributed by atoms with Crippen LogP contribution in [-0.4, -0.2) is 25.4 Å². The third-order valence-corrected chi connectivity index (χ3v) is 8.44. The molecular formula is C31H24FN3O4S2. The lowest BCUT2D eigenvalue weighted by atomic mass is 10.0. The molecule has 206 valence electrons. The lowest BCUT2D eigenvalue weighted by molar-refractivity contribution is -0.118. The Labute approximate surface area is 241 Å². The van der Waals surface area contributed by atoms with Gasteiger partial charge in [-0.3, -0.25) is 9.59 Å². The van der Waals surface area contributed by atoms with Gasteiger partial charge >= 0.3 is 0 Å². The molecule has 0 aromatic heterocycles. The number of amides is 2. The van der Waals surface area contributed by atoms with E-state index >= 15 is 0 Å². The van der Waals surface area contributed by atoms with Gasteiger partial charge < -0.3 is 5.32 Å². The molecule has 1 saturated heterocycles. The van der Waals surface area contributed by atoms with Gasteiger partial charge in [0.05, 0.1) is 21.9 Å². The van der Waals surface area contributed by atoms with Crippen molar-refractivity contribution in [2.24, 2.45) is 4.99 Å². The van der Waals surface area contributed by atoms with E-state index in [9.17, 15) is 22.4 Å². The predicted molar refractivity (Wildman–Crippen MR) is 159 cm³/mol. The summed E-state index contributed by atoms with van der Waals surface area (Å²) in [6.07, 6.45) is 1.46. The molecule has 2 amide bonds. The summed E-state index contributed by atoms with van der Waals surface area (Å²) < 4.78 is 41.7. The van der Waals surface area contributed by atoms with Crippen molar-refractivity contribution in [2.75, 3.05) is 0 Å². The van der Waals surface area contributed by atoms with E-state index in [0.717, 1.165) is 22.9 Å². The number of sulfonamides is 1. The number of carbonyl (C=O) groups excluding carboxylic acids is 2. The average molecular weight is 586 g/mol. The minimum atomic E-state index is -3.96. The number of hydrogen-bond acceptors (Lipinski definition) is 6. The molecule has 4 aromatic carbocycles. The maximum absolute atomic E-state index is 14.7. The van der Waals surface area contributed by atoms with Crippen molar-refractivity contribution in [3.8, 4) is 11.1 Å². The number of aliphatic imine (C=N–C) groups is 1. The van der Waals surface area contributed by atoms with Gasteiger partial charge in [-0.1, -0.05) is 72.3 Å².